The normalized spacial score (nSPS) is 18.2. The van der Waals surface area contributed by atoms with Gasteiger partial charge in [0.1, 0.15) is 0 Å². The molecular weight excluding hydrogens is 252 g/mol. The Morgan fingerprint density at radius 2 is 1.90 bits per heavy atom. The second-order valence-corrected chi connectivity index (χ2v) is 4.96. The Morgan fingerprint density at radius 1 is 1.20 bits per heavy atom. The summed E-state index contributed by atoms with van der Waals surface area (Å²) in [4.78, 5) is 22.5. The summed E-state index contributed by atoms with van der Waals surface area (Å²) in [5.74, 6) is 0.581. The maximum absolute atomic E-state index is 12.2. The van der Waals surface area contributed by atoms with Gasteiger partial charge < -0.3 is 10.6 Å². The molecule has 2 heterocycles. The van der Waals surface area contributed by atoms with Crippen LogP contribution in [0.2, 0.25) is 0 Å². The Labute approximate surface area is 117 Å². The van der Waals surface area contributed by atoms with Crippen molar-refractivity contribution >= 4 is 5.91 Å². The van der Waals surface area contributed by atoms with Crippen molar-refractivity contribution in [1.29, 1.82) is 0 Å². The van der Waals surface area contributed by atoms with Crippen LogP contribution >= 0.6 is 0 Å². The average Bonchev–Trinajstić information content (AvgIpc) is 2.94. The molecule has 0 spiro atoms. The van der Waals surface area contributed by atoms with E-state index in [0.717, 1.165) is 12.0 Å². The van der Waals surface area contributed by atoms with Crippen LogP contribution in [0.15, 0.2) is 42.7 Å². The number of aromatic nitrogens is 2. The first-order valence-electron chi connectivity index (χ1n) is 6.66. The van der Waals surface area contributed by atoms with Crippen molar-refractivity contribution < 1.29 is 4.79 Å². The van der Waals surface area contributed by atoms with Crippen LogP contribution < -0.4 is 5.73 Å². The van der Waals surface area contributed by atoms with Crippen LogP contribution in [-0.4, -0.2) is 39.9 Å². The van der Waals surface area contributed by atoms with Crippen LogP contribution in [0, 0.1) is 0 Å². The molecule has 1 atom stereocenters. The quantitative estimate of drug-likeness (QED) is 0.891. The van der Waals surface area contributed by atoms with Crippen LogP contribution in [0.3, 0.4) is 0 Å². The van der Waals surface area contributed by atoms with E-state index in [1.54, 1.807) is 17.3 Å². The van der Waals surface area contributed by atoms with Gasteiger partial charge in [-0.25, -0.2) is 9.97 Å². The zero-order chi connectivity index (χ0) is 13.9. The first-order chi connectivity index (χ1) is 9.74. The van der Waals surface area contributed by atoms with Crippen molar-refractivity contribution in [2.45, 2.75) is 12.5 Å². The van der Waals surface area contributed by atoms with Gasteiger partial charge in [-0.1, -0.05) is 30.3 Å². The molecule has 0 saturated carbocycles. The Bertz CT molecular complexity index is 597. The van der Waals surface area contributed by atoms with Gasteiger partial charge in [0.15, 0.2) is 5.82 Å². The summed E-state index contributed by atoms with van der Waals surface area (Å²) in [5.41, 5.74) is 7.27. The first-order valence-corrected chi connectivity index (χ1v) is 6.66. The van der Waals surface area contributed by atoms with E-state index in [1.165, 1.54) is 0 Å². The molecule has 5 nitrogen and oxygen atoms in total. The molecule has 1 aliphatic rings. The molecule has 2 N–H and O–H groups in total. The molecule has 1 saturated heterocycles. The number of benzene rings is 1. The Morgan fingerprint density at radius 3 is 2.50 bits per heavy atom. The fourth-order valence-corrected chi connectivity index (χ4v) is 2.33. The molecule has 0 aliphatic carbocycles. The molecule has 1 aromatic carbocycles. The molecule has 3 rings (SSSR count). The number of hydrogen-bond acceptors (Lipinski definition) is 4. The fourth-order valence-electron chi connectivity index (χ4n) is 2.33. The molecule has 2 aromatic rings. The van der Waals surface area contributed by atoms with Crippen LogP contribution in [0.25, 0.3) is 11.4 Å². The number of hydrogen-bond donors (Lipinski definition) is 1. The number of carbonyl (C=O) groups excluding carboxylic acids is 1. The van der Waals surface area contributed by atoms with E-state index in [9.17, 15) is 4.79 Å². The summed E-state index contributed by atoms with van der Waals surface area (Å²) in [6.07, 6.45) is 4.03. The lowest BCUT2D eigenvalue weighted by atomic mass is 10.2. The molecule has 1 aliphatic heterocycles. The third-order valence-electron chi connectivity index (χ3n) is 3.44. The largest absolute Gasteiger partial charge is 0.337 e. The monoisotopic (exact) mass is 268 g/mol. The predicted molar refractivity (Wildman–Crippen MR) is 76.0 cm³/mol. The SMILES string of the molecule is N[C@@H]1CCN(C(=O)c2cnc(-c3ccccc3)nc2)C1. The number of likely N-dealkylation sites (tertiary alicyclic amines) is 1. The highest BCUT2D eigenvalue weighted by Gasteiger charge is 2.24. The molecule has 0 bridgehead atoms. The van der Waals surface area contributed by atoms with E-state index >= 15 is 0 Å². The second kappa shape index (κ2) is 5.38. The van der Waals surface area contributed by atoms with Gasteiger partial charge in [-0.05, 0) is 6.42 Å². The highest BCUT2D eigenvalue weighted by Crippen LogP contribution is 2.15. The summed E-state index contributed by atoms with van der Waals surface area (Å²) < 4.78 is 0. The van der Waals surface area contributed by atoms with E-state index < -0.39 is 0 Å². The summed E-state index contributed by atoms with van der Waals surface area (Å²) in [7, 11) is 0. The lowest BCUT2D eigenvalue weighted by molar-refractivity contribution is 0.0790. The molecule has 0 unspecified atom stereocenters. The van der Waals surface area contributed by atoms with E-state index in [2.05, 4.69) is 9.97 Å². The maximum atomic E-state index is 12.2. The second-order valence-electron chi connectivity index (χ2n) is 4.96. The summed E-state index contributed by atoms with van der Waals surface area (Å²) in [5, 5.41) is 0. The van der Waals surface area contributed by atoms with Gasteiger partial charge >= 0.3 is 0 Å². The highest BCUT2D eigenvalue weighted by molar-refractivity contribution is 5.94. The van der Waals surface area contributed by atoms with Gasteiger partial charge in [0.25, 0.3) is 5.91 Å². The van der Waals surface area contributed by atoms with E-state index in [-0.39, 0.29) is 11.9 Å². The number of carbonyl (C=O) groups is 1. The van der Waals surface area contributed by atoms with Crippen molar-refractivity contribution in [2.24, 2.45) is 5.73 Å². The molecule has 20 heavy (non-hydrogen) atoms. The lowest BCUT2D eigenvalue weighted by Crippen LogP contribution is -2.32. The third kappa shape index (κ3) is 2.53. The topological polar surface area (TPSA) is 72.1 Å². The molecule has 5 heteroatoms. The third-order valence-corrected chi connectivity index (χ3v) is 3.44. The zero-order valence-electron chi connectivity index (χ0n) is 11.1. The number of nitrogens with two attached hydrogens (primary N) is 1. The van der Waals surface area contributed by atoms with Gasteiger partial charge in [-0.15, -0.1) is 0 Å². The van der Waals surface area contributed by atoms with E-state index in [1.807, 2.05) is 30.3 Å². The standard InChI is InChI=1S/C15H16N4O/c16-13-6-7-19(10-13)15(20)12-8-17-14(18-9-12)11-4-2-1-3-5-11/h1-5,8-9,13H,6-7,10,16H2/t13-/m1/s1. The zero-order valence-corrected chi connectivity index (χ0v) is 11.1. The van der Waals surface area contributed by atoms with E-state index in [4.69, 9.17) is 5.73 Å². The molecule has 102 valence electrons. The van der Waals surface area contributed by atoms with Gasteiger partial charge in [0.2, 0.25) is 0 Å². The van der Waals surface area contributed by atoms with Gasteiger partial charge in [-0.2, -0.15) is 0 Å². The molecular formula is C15H16N4O. The fraction of sp³-hybridized carbons (Fsp3) is 0.267. The van der Waals surface area contributed by atoms with Gasteiger partial charge in [0.05, 0.1) is 5.56 Å². The summed E-state index contributed by atoms with van der Waals surface area (Å²) >= 11 is 0. The van der Waals surface area contributed by atoms with Crippen molar-refractivity contribution in [3.8, 4) is 11.4 Å². The summed E-state index contributed by atoms with van der Waals surface area (Å²) in [6.45, 7) is 1.32. The highest BCUT2D eigenvalue weighted by atomic mass is 16.2. The van der Waals surface area contributed by atoms with Crippen LogP contribution in [-0.2, 0) is 0 Å². The van der Waals surface area contributed by atoms with Crippen molar-refractivity contribution in [1.82, 2.24) is 14.9 Å². The van der Waals surface area contributed by atoms with Gasteiger partial charge in [0, 0.05) is 37.1 Å². The lowest BCUT2D eigenvalue weighted by Gasteiger charge is -2.15. The number of amides is 1. The van der Waals surface area contributed by atoms with Crippen molar-refractivity contribution in [3.05, 3.63) is 48.3 Å². The molecule has 1 aromatic heterocycles. The molecule has 1 fully saturated rings. The minimum Gasteiger partial charge on any atom is -0.337 e. The number of rotatable bonds is 2. The van der Waals surface area contributed by atoms with Crippen LogP contribution in [0.4, 0.5) is 0 Å². The smallest absolute Gasteiger partial charge is 0.257 e. The minimum absolute atomic E-state index is 0.0439. The Hall–Kier alpha value is -2.27. The van der Waals surface area contributed by atoms with Crippen LogP contribution in [0.1, 0.15) is 16.8 Å². The first kappa shape index (κ1) is 12.7. The van der Waals surface area contributed by atoms with Gasteiger partial charge in [-0.3, -0.25) is 4.79 Å². The van der Waals surface area contributed by atoms with Crippen LogP contribution in [0.5, 0.6) is 0 Å². The molecule has 1 amide bonds. The average molecular weight is 268 g/mol. The van der Waals surface area contributed by atoms with Crippen molar-refractivity contribution in [2.75, 3.05) is 13.1 Å². The summed E-state index contributed by atoms with van der Waals surface area (Å²) in [6, 6.07) is 9.78. The molecule has 0 radical (unpaired) electrons. The predicted octanol–water partition coefficient (Wildman–Crippen LogP) is 1.32. The number of nitrogens with zero attached hydrogens (tertiary/aromatic N) is 3. The Kier molecular flexibility index (Phi) is 3.43. The van der Waals surface area contributed by atoms with Crippen molar-refractivity contribution in [3.63, 3.8) is 0 Å². The van der Waals surface area contributed by atoms with E-state index in [0.29, 0.717) is 24.5 Å². The Balaban J connectivity index is 1.78. The maximum Gasteiger partial charge on any atom is 0.257 e. The minimum atomic E-state index is -0.0439.